The third kappa shape index (κ3) is 3.08. The molecule has 150 valence electrons. The van der Waals surface area contributed by atoms with Crippen molar-refractivity contribution in [1.82, 2.24) is 5.32 Å². The van der Waals surface area contributed by atoms with E-state index in [-0.39, 0.29) is 12.5 Å². The Labute approximate surface area is 174 Å². The van der Waals surface area contributed by atoms with Crippen molar-refractivity contribution in [2.75, 3.05) is 6.61 Å². The van der Waals surface area contributed by atoms with Crippen molar-refractivity contribution in [3.8, 4) is 11.1 Å². The maximum absolute atomic E-state index is 13.0. The van der Waals surface area contributed by atoms with Crippen molar-refractivity contribution in [3.05, 3.63) is 95.1 Å². The number of fused-ring (bicyclic) bond motifs is 4. The lowest BCUT2D eigenvalue weighted by Crippen LogP contribution is -2.47. The van der Waals surface area contributed by atoms with Crippen molar-refractivity contribution in [1.29, 1.82) is 0 Å². The first-order valence-electron chi connectivity index (χ1n) is 10.0. The molecule has 0 fully saturated rings. The highest BCUT2D eigenvalue weighted by Crippen LogP contribution is 2.44. The highest BCUT2D eigenvalue weighted by molar-refractivity contribution is 5.83. The average Bonchev–Trinajstić information content (AvgIpc) is 3.10. The highest BCUT2D eigenvalue weighted by atomic mass is 16.5. The van der Waals surface area contributed by atoms with Crippen LogP contribution >= 0.6 is 0 Å². The predicted molar refractivity (Wildman–Crippen MR) is 112 cm³/mol. The molecule has 5 heteroatoms. The fraction of sp³-hybridized carbons (Fsp3) is 0.200. The maximum atomic E-state index is 13.0. The van der Waals surface area contributed by atoms with Gasteiger partial charge in [-0.15, -0.1) is 0 Å². The van der Waals surface area contributed by atoms with Gasteiger partial charge in [0.2, 0.25) is 0 Å². The number of ether oxygens (including phenoxy) is 1. The van der Waals surface area contributed by atoms with Crippen LogP contribution in [0.15, 0.2) is 72.8 Å². The predicted octanol–water partition coefficient (Wildman–Crippen LogP) is 3.68. The van der Waals surface area contributed by atoms with Crippen LogP contribution in [-0.4, -0.2) is 29.7 Å². The molecule has 2 N–H and O–H groups in total. The lowest BCUT2D eigenvalue weighted by Gasteiger charge is -2.30. The quantitative estimate of drug-likeness (QED) is 0.655. The van der Waals surface area contributed by atoms with Gasteiger partial charge in [-0.3, -0.25) is 10.1 Å². The van der Waals surface area contributed by atoms with Gasteiger partial charge in [0, 0.05) is 5.92 Å². The average molecular weight is 399 g/mol. The van der Waals surface area contributed by atoms with Crippen molar-refractivity contribution in [3.63, 3.8) is 0 Å². The summed E-state index contributed by atoms with van der Waals surface area (Å²) < 4.78 is 5.77. The molecule has 2 aliphatic rings. The van der Waals surface area contributed by atoms with E-state index >= 15 is 0 Å². The molecular formula is C25H21NO4. The smallest absolute Gasteiger partial charge is 0.327 e. The number of carbonyl (C=O) groups is 2. The Morgan fingerprint density at radius 1 is 0.867 bits per heavy atom. The SMILES string of the molecule is O=C(O)C1Cc2ccccc2[C@@H](C(=O)OCC2c3ccccc3-c3ccccc32)N1. The van der Waals surface area contributed by atoms with Gasteiger partial charge in [-0.25, -0.2) is 4.79 Å². The Balaban J connectivity index is 1.40. The van der Waals surface area contributed by atoms with Crippen LogP contribution in [0.4, 0.5) is 0 Å². The molecule has 30 heavy (non-hydrogen) atoms. The topological polar surface area (TPSA) is 75.6 Å². The molecule has 0 bridgehead atoms. The fourth-order valence-corrected chi connectivity index (χ4v) is 4.61. The number of carboxylic acids is 1. The number of esters is 1. The Hall–Kier alpha value is -3.44. The summed E-state index contributed by atoms with van der Waals surface area (Å²) in [5.41, 5.74) is 6.27. The van der Waals surface area contributed by atoms with Gasteiger partial charge in [-0.05, 0) is 39.8 Å². The molecule has 3 aromatic rings. The van der Waals surface area contributed by atoms with E-state index in [1.165, 1.54) is 11.1 Å². The van der Waals surface area contributed by atoms with Gasteiger partial charge in [0.25, 0.3) is 0 Å². The van der Waals surface area contributed by atoms with Crippen LogP contribution in [0.3, 0.4) is 0 Å². The minimum atomic E-state index is -0.971. The van der Waals surface area contributed by atoms with E-state index in [9.17, 15) is 14.7 Å². The van der Waals surface area contributed by atoms with Crippen LogP contribution in [0, 0.1) is 0 Å². The molecule has 0 amide bonds. The zero-order valence-corrected chi connectivity index (χ0v) is 16.2. The fourth-order valence-electron chi connectivity index (χ4n) is 4.61. The van der Waals surface area contributed by atoms with Gasteiger partial charge >= 0.3 is 11.9 Å². The minimum Gasteiger partial charge on any atom is -0.480 e. The largest absolute Gasteiger partial charge is 0.480 e. The Bertz CT molecular complexity index is 1090. The molecule has 3 aromatic carbocycles. The molecule has 1 aliphatic carbocycles. The highest BCUT2D eigenvalue weighted by Gasteiger charge is 2.36. The monoisotopic (exact) mass is 399 g/mol. The molecule has 0 saturated carbocycles. The molecule has 5 rings (SSSR count). The Morgan fingerprint density at radius 2 is 1.43 bits per heavy atom. The second-order valence-corrected chi connectivity index (χ2v) is 7.75. The van der Waals surface area contributed by atoms with Crippen LogP contribution in [-0.2, 0) is 20.7 Å². The van der Waals surface area contributed by atoms with Crippen molar-refractivity contribution in [2.45, 2.75) is 24.4 Å². The molecule has 1 aliphatic heterocycles. The molecule has 5 nitrogen and oxygen atoms in total. The molecule has 1 unspecified atom stereocenters. The summed E-state index contributed by atoms with van der Waals surface area (Å²) in [7, 11) is 0. The van der Waals surface area contributed by atoms with Crippen LogP contribution in [0.1, 0.15) is 34.2 Å². The molecule has 0 saturated heterocycles. The van der Waals surface area contributed by atoms with E-state index in [0.717, 1.165) is 22.3 Å². The van der Waals surface area contributed by atoms with Crippen LogP contribution in [0.2, 0.25) is 0 Å². The number of hydrogen-bond donors (Lipinski definition) is 2. The molecule has 0 spiro atoms. The first-order valence-corrected chi connectivity index (χ1v) is 10.0. The van der Waals surface area contributed by atoms with E-state index in [4.69, 9.17) is 4.74 Å². The number of nitrogens with one attached hydrogen (secondary N) is 1. The van der Waals surface area contributed by atoms with Gasteiger partial charge in [-0.2, -0.15) is 0 Å². The maximum Gasteiger partial charge on any atom is 0.327 e. The summed E-state index contributed by atoms with van der Waals surface area (Å²) in [4.78, 5) is 24.6. The van der Waals surface area contributed by atoms with Gasteiger partial charge < -0.3 is 9.84 Å². The van der Waals surface area contributed by atoms with Crippen LogP contribution < -0.4 is 5.32 Å². The van der Waals surface area contributed by atoms with E-state index in [2.05, 4.69) is 29.6 Å². The Kier molecular flexibility index (Phi) is 4.60. The summed E-state index contributed by atoms with van der Waals surface area (Å²) >= 11 is 0. The van der Waals surface area contributed by atoms with Gasteiger partial charge in [-0.1, -0.05) is 72.8 Å². The Morgan fingerprint density at radius 3 is 2.07 bits per heavy atom. The van der Waals surface area contributed by atoms with E-state index < -0.39 is 24.0 Å². The van der Waals surface area contributed by atoms with E-state index in [1.54, 1.807) is 0 Å². The van der Waals surface area contributed by atoms with Crippen LogP contribution in [0.5, 0.6) is 0 Å². The second-order valence-electron chi connectivity index (χ2n) is 7.75. The summed E-state index contributed by atoms with van der Waals surface area (Å²) in [6.45, 7) is 0.213. The molecule has 1 heterocycles. The first-order chi connectivity index (χ1) is 14.6. The zero-order chi connectivity index (χ0) is 20.7. The van der Waals surface area contributed by atoms with Gasteiger partial charge in [0.1, 0.15) is 18.7 Å². The van der Waals surface area contributed by atoms with Crippen LogP contribution in [0.25, 0.3) is 11.1 Å². The molecule has 2 atom stereocenters. The zero-order valence-electron chi connectivity index (χ0n) is 16.2. The molecule has 0 aromatic heterocycles. The number of carboxylic acid groups (broad SMARTS) is 1. The van der Waals surface area contributed by atoms with Crippen molar-refractivity contribution >= 4 is 11.9 Å². The lowest BCUT2D eigenvalue weighted by molar-refractivity contribution is -0.148. The number of aliphatic carboxylic acids is 1. The number of hydrogen-bond acceptors (Lipinski definition) is 4. The minimum absolute atomic E-state index is 0.0320. The third-order valence-corrected chi connectivity index (χ3v) is 6.05. The summed E-state index contributed by atoms with van der Waals surface area (Å²) in [5.74, 6) is -1.45. The molecular weight excluding hydrogens is 378 g/mol. The summed E-state index contributed by atoms with van der Waals surface area (Å²) in [6, 6.07) is 22.2. The number of carbonyl (C=O) groups excluding carboxylic acids is 1. The first kappa shape index (κ1) is 18.6. The normalized spacial score (nSPS) is 19.5. The second kappa shape index (κ2) is 7.43. The molecule has 0 radical (unpaired) electrons. The standard InChI is InChI=1S/C25H21NO4/c27-24(28)22-13-15-7-1-2-8-16(15)23(26-22)25(29)30-14-21-19-11-5-3-9-17(19)18-10-4-6-12-20(18)21/h1-12,21-23,26H,13-14H2,(H,27,28)/t22?,23-/m0/s1. The lowest BCUT2D eigenvalue weighted by atomic mass is 9.90. The number of rotatable bonds is 4. The summed E-state index contributed by atoms with van der Waals surface area (Å²) in [5, 5.41) is 12.4. The van der Waals surface area contributed by atoms with E-state index in [1.807, 2.05) is 48.5 Å². The van der Waals surface area contributed by atoms with Gasteiger partial charge in [0.05, 0.1) is 0 Å². The van der Waals surface area contributed by atoms with Gasteiger partial charge in [0.15, 0.2) is 0 Å². The third-order valence-electron chi connectivity index (χ3n) is 6.05. The van der Waals surface area contributed by atoms with E-state index in [0.29, 0.717) is 6.42 Å². The number of benzene rings is 3. The summed E-state index contributed by atoms with van der Waals surface area (Å²) in [6.07, 6.45) is 0.346. The van der Waals surface area contributed by atoms with Crippen molar-refractivity contribution in [2.24, 2.45) is 0 Å². The van der Waals surface area contributed by atoms with Crippen molar-refractivity contribution < 1.29 is 19.4 Å².